The second-order valence-corrected chi connectivity index (χ2v) is 8.84. The van der Waals surface area contributed by atoms with Gasteiger partial charge in [-0.05, 0) is 54.8 Å². The summed E-state index contributed by atoms with van der Waals surface area (Å²) in [4.78, 5) is 15.8. The van der Waals surface area contributed by atoms with Crippen molar-refractivity contribution in [2.45, 2.75) is 36.7 Å². The van der Waals surface area contributed by atoms with Gasteiger partial charge in [0.1, 0.15) is 0 Å². The number of benzene rings is 2. The molecule has 1 aliphatic heterocycles. The van der Waals surface area contributed by atoms with E-state index >= 15 is 0 Å². The van der Waals surface area contributed by atoms with Gasteiger partial charge in [0.2, 0.25) is 5.91 Å². The summed E-state index contributed by atoms with van der Waals surface area (Å²) in [5.41, 5.74) is 1.28. The average Bonchev–Trinajstić information content (AvgIpc) is 2.67. The van der Waals surface area contributed by atoms with Crippen LogP contribution >= 0.6 is 35.0 Å². The first-order valence-corrected chi connectivity index (χ1v) is 11.0. The quantitative estimate of drug-likeness (QED) is 0.617. The number of likely N-dealkylation sites (tertiary alicyclic amines) is 1. The maximum atomic E-state index is 12.2. The lowest BCUT2D eigenvalue weighted by Crippen LogP contribution is -2.44. The van der Waals surface area contributed by atoms with Crippen LogP contribution in [0, 0.1) is 0 Å². The molecule has 0 saturated carbocycles. The van der Waals surface area contributed by atoms with E-state index in [0.717, 1.165) is 53.2 Å². The minimum absolute atomic E-state index is 0.146. The molecule has 27 heavy (non-hydrogen) atoms. The lowest BCUT2D eigenvalue weighted by molar-refractivity contribution is -0.121. The first-order chi connectivity index (χ1) is 13.1. The van der Waals surface area contributed by atoms with Crippen molar-refractivity contribution in [3.8, 4) is 0 Å². The molecule has 144 valence electrons. The minimum atomic E-state index is 0.146. The molecule has 1 heterocycles. The van der Waals surface area contributed by atoms with Crippen molar-refractivity contribution >= 4 is 40.9 Å². The van der Waals surface area contributed by atoms with Gasteiger partial charge in [0.15, 0.2) is 0 Å². The van der Waals surface area contributed by atoms with Crippen LogP contribution in [0.25, 0.3) is 0 Å². The van der Waals surface area contributed by atoms with E-state index in [2.05, 4.69) is 22.3 Å². The summed E-state index contributed by atoms with van der Waals surface area (Å²) in [5.74, 6) is 0.927. The Kier molecular flexibility index (Phi) is 7.89. The number of carbonyl (C=O) groups is 1. The third kappa shape index (κ3) is 7.04. The fourth-order valence-electron chi connectivity index (χ4n) is 3.18. The molecule has 0 bridgehead atoms. The van der Waals surface area contributed by atoms with Crippen molar-refractivity contribution in [3.05, 3.63) is 64.1 Å². The van der Waals surface area contributed by atoms with Gasteiger partial charge in [0, 0.05) is 52.8 Å². The Hall–Kier alpha value is -1.20. The van der Waals surface area contributed by atoms with E-state index in [-0.39, 0.29) is 5.91 Å². The summed E-state index contributed by atoms with van der Waals surface area (Å²) in [6.07, 6.45) is 2.55. The molecule has 6 heteroatoms. The first kappa shape index (κ1) is 20.5. The van der Waals surface area contributed by atoms with Gasteiger partial charge in [-0.25, -0.2) is 0 Å². The van der Waals surface area contributed by atoms with Crippen LogP contribution in [0.1, 0.15) is 24.8 Å². The van der Waals surface area contributed by atoms with Gasteiger partial charge >= 0.3 is 0 Å². The van der Waals surface area contributed by atoms with Crippen LogP contribution < -0.4 is 5.32 Å². The highest BCUT2D eigenvalue weighted by atomic mass is 35.5. The molecule has 1 aliphatic rings. The van der Waals surface area contributed by atoms with E-state index in [1.165, 1.54) is 5.56 Å². The number of piperidine rings is 1. The Balaban J connectivity index is 1.33. The Labute approximate surface area is 175 Å². The van der Waals surface area contributed by atoms with Crippen molar-refractivity contribution < 1.29 is 4.79 Å². The van der Waals surface area contributed by atoms with Gasteiger partial charge < -0.3 is 5.32 Å². The molecule has 0 aromatic heterocycles. The maximum absolute atomic E-state index is 12.2. The fraction of sp³-hybridized carbons (Fsp3) is 0.381. The summed E-state index contributed by atoms with van der Waals surface area (Å²) in [5, 5.41) is 4.70. The number of thioether (sulfide) groups is 1. The summed E-state index contributed by atoms with van der Waals surface area (Å²) in [6.45, 7) is 2.95. The molecule has 0 radical (unpaired) electrons. The second kappa shape index (κ2) is 10.4. The van der Waals surface area contributed by atoms with E-state index in [1.54, 1.807) is 11.8 Å². The largest absolute Gasteiger partial charge is 0.353 e. The van der Waals surface area contributed by atoms with Crippen LogP contribution in [0.2, 0.25) is 10.0 Å². The van der Waals surface area contributed by atoms with E-state index in [0.29, 0.717) is 12.5 Å². The molecule has 0 unspecified atom stereocenters. The van der Waals surface area contributed by atoms with Crippen LogP contribution in [-0.4, -0.2) is 35.7 Å². The molecule has 1 N–H and O–H groups in total. The van der Waals surface area contributed by atoms with Gasteiger partial charge in [-0.2, -0.15) is 0 Å². The molecule has 1 saturated heterocycles. The number of nitrogens with one attached hydrogen (secondary N) is 1. The molecule has 2 aromatic rings. The monoisotopic (exact) mass is 422 g/mol. The second-order valence-electron chi connectivity index (χ2n) is 6.80. The number of amides is 1. The molecule has 2 aromatic carbocycles. The van der Waals surface area contributed by atoms with Crippen molar-refractivity contribution in [1.82, 2.24) is 10.2 Å². The third-order valence-electron chi connectivity index (χ3n) is 4.68. The van der Waals surface area contributed by atoms with Gasteiger partial charge in [-0.15, -0.1) is 11.8 Å². The lowest BCUT2D eigenvalue weighted by atomic mass is 10.0. The summed E-state index contributed by atoms with van der Waals surface area (Å²) in [6, 6.07) is 16.0. The lowest BCUT2D eigenvalue weighted by Gasteiger charge is -2.32. The number of carbonyl (C=O) groups excluding carboxylic acids is 1. The molecule has 0 atom stereocenters. The van der Waals surface area contributed by atoms with Crippen LogP contribution in [0.3, 0.4) is 0 Å². The predicted octanol–water partition coefficient (Wildman–Crippen LogP) is 5.26. The highest BCUT2D eigenvalue weighted by Crippen LogP contribution is 2.21. The van der Waals surface area contributed by atoms with Gasteiger partial charge in [-0.3, -0.25) is 9.69 Å². The van der Waals surface area contributed by atoms with E-state index in [9.17, 15) is 4.79 Å². The van der Waals surface area contributed by atoms with Crippen LogP contribution in [0.15, 0.2) is 53.4 Å². The van der Waals surface area contributed by atoms with Gasteiger partial charge in [-0.1, -0.05) is 35.3 Å². The molecule has 3 rings (SSSR count). The summed E-state index contributed by atoms with van der Waals surface area (Å²) < 4.78 is 0. The number of hydrogen-bond acceptors (Lipinski definition) is 3. The number of hydrogen-bond donors (Lipinski definition) is 1. The Bertz CT molecular complexity index is 729. The van der Waals surface area contributed by atoms with Crippen molar-refractivity contribution in [2.24, 2.45) is 0 Å². The zero-order chi connectivity index (χ0) is 19.1. The third-order valence-corrected chi connectivity index (χ3v) is 6.20. The van der Waals surface area contributed by atoms with Gasteiger partial charge in [0.05, 0.1) is 0 Å². The van der Waals surface area contributed by atoms with E-state index in [1.807, 2.05) is 36.4 Å². The number of halogens is 2. The summed E-state index contributed by atoms with van der Waals surface area (Å²) in [7, 11) is 0. The van der Waals surface area contributed by atoms with Crippen LogP contribution in [0.4, 0.5) is 0 Å². The smallest absolute Gasteiger partial charge is 0.221 e. The molecule has 3 nitrogen and oxygen atoms in total. The maximum Gasteiger partial charge on any atom is 0.221 e. The Morgan fingerprint density at radius 1 is 1.00 bits per heavy atom. The fourth-order valence-corrected chi connectivity index (χ4v) is 4.28. The van der Waals surface area contributed by atoms with Gasteiger partial charge in [0.25, 0.3) is 0 Å². The van der Waals surface area contributed by atoms with Crippen molar-refractivity contribution in [2.75, 3.05) is 18.8 Å². The SMILES string of the molecule is O=C(CCSc1ccc(Cl)cc1)NC1CCN(Cc2ccc(Cl)cc2)CC1. The van der Waals surface area contributed by atoms with E-state index in [4.69, 9.17) is 23.2 Å². The predicted molar refractivity (Wildman–Crippen MR) is 115 cm³/mol. The molecule has 1 fully saturated rings. The molecule has 0 spiro atoms. The summed E-state index contributed by atoms with van der Waals surface area (Å²) >= 11 is 13.5. The molecule has 0 aliphatic carbocycles. The molecular formula is C21H24Cl2N2OS. The first-order valence-electron chi connectivity index (χ1n) is 9.23. The Morgan fingerprint density at radius 3 is 2.22 bits per heavy atom. The molecule has 1 amide bonds. The standard InChI is InChI=1S/C21H24Cl2N2OS/c22-17-3-1-16(2-4-17)15-25-12-9-19(10-13-25)24-21(26)11-14-27-20-7-5-18(23)6-8-20/h1-8,19H,9-15H2,(H,24,26). The minimum Gasteiger partial charge on any atom is -0.353 e. The van der Waals surface area contributed by atoms with E-state index < -0.39 is 0 Å². The normalized spacial score (nSPS) is 15.6. The van der Waals surface area contributed by atoms with Crippen molar-refractivity contribution in [1.29, 1.82) is 0 Å². The average molecular weight is 423 g/mol. The number of nitrogens with zero attached hydrogens (tertiary/aromatic N) is 1. The van der Waals surface area contributed by atoms with Crippen molar-refractivity contribution in [3.63, 3.8) is 0 Å². The van der Waals surface area contributed by atoms with Crippen LogP contribution in [-0.2, 0) is 11.3 Å². The zero-order valence-electron chi connectivity index (χ0n) is 15.2. The molecular weight excluding hydrogens is 399 g/mol. The Morgan fingerprint density at radius 2 is 1.59 bits per heavy atom. The van der Waals surface area contributed by atoms with Crippen LogP contribution in [0.5, 0.6) is 0 Å². The topological polar surface area (TPSA) is 32.3 Å². The highest BCUT2D eigenvalue weighted by molar-refractivity contribution is 7.99. The zero-order valence-corrected chi connectivity index (χ0v) is 17.5. The highest BCUT2D eigenvalue weighted by Gasteiger charge is 2.20. The number of rotatable bonds is 7.